The molecule has 2 rings (SSSR count). The number of rotatable bonds is 0. The number of hydrogen-bond donors (Lipinski definition) is 0. The lowest BCUT2D eigenvalue weighted by Gasteiger charge is -1.84. The zero-order chi connectivity index (χ0) is 6.97. The van der Waals surface area contributed by atoms with Crippen molar-refractivity contribution in [1.82, 2.24) is 19.8 Å². The molecule has 0 N–H and O–H groups in total. The normalized spacial score (nSPS) is 10.5. The van der Waals surface area contributed by atoms with Crippen LogP contribution in [0.5, 0.6) is 0 Å². The first-order valence-electron chi connectivity index (χ1n) is 2.68. The topological polar surface area (TPSA) is 43.1 Å². The van der Waals surface area contributed by atoms with Gasteiger partial charge in [0.2, 0.25) is 0 Å². The van der Waals surface area contributed by atoms with Gasteiger partial charge in [0.1, 0.15) is 16.4 Å². The summed E-state index contributed by atoms with van der Waals surface area (Å²) in [6.07, 6.45) is 3.15. The highest BCUT2D eigenvalue weighted by Crippen LogP contribution is 2.08. The maximum absolute atomic E-state index is 4.00. The standard InChI is InChI=1S/C5H3BrN4/c6-5-1-4-2-7-3-8-10(4)9-5/h1-3H. The molecule has 0 atom stereocenters. The van der Waals surface area contributed by atoms with Gasteiger partial charge in [-0.3, -0.25) is 0 Å². The van der Waals surface area contributed by atoms with Gasteiger partial charge in [0.05, 0.1) is 6.20 Å². The first kappa shape index (κ1) is 5.79. The van der Waals surface area contributed by atoms with Gasteiger partial charge in [0.15, 0.2) is 0 Å². The van der Waals surface area contributed by atoms with E-state index in [9.17, 15) is 0 Å². The summed E-state index contributed by atoms with van der Waals surface area (Å²) in [6, 6.07) is 1.85. The Morgan fingerprint density at radius 1 is 1.50 bits per heavy atom. The number of halogens is 1. The van der Waals surface area contributed by atoms with Gasteiger partial charge in [0.25, 0.3) is 0 Å². The first-order chi connectivity index (χ1) is 4.86. The Hall–Kier alpha value is -0.970. The molecule has 0 aliphatic heterocycles. The molecule has 50 valence electrons. The van der Waals surface area contributed by atoms with Crippen LogP contribution in [-0.2, 0) is 0 Å². The highest BCUT2D eigenvalue weighted by Gasteiger charge is 1.95. The highest BCUT2D eigenvalue weighted by atomic mass is 79.9. The van der Waals surface area contributed by atoms with Gasteiger partial charge in [-0.05, 0) is 15.9 Å². The van der Waals surface area contributed by atoms with Crippen molar-refractivity contribution >= 4 is 21.4 Å². The monoisotopic (exact) mass is 198 g/mol. The van der Waals surface area contributed by atoms with Crippen LogP contribution in [0.25, 0.3) is 5.52 Å². The molecule has 5 heteroatoms. The maximum Gasteiger partial charge on any atom is 0.138 e. The van der Waals surface area contributed by atoms with E-state index in [0.717, 1.165) is 10.1 Å². The average Bonchev–Trinajstić information content (AvgIpc) is 2.27. The Labute approximate surface area is 65.0 Å². The van der Waals surface area contributed by atoms with Gasteiger partial charge in [-0.1, -0.05) is 0 Å². The molecule has 0 aliphatic rings. The Morgan fingerprint density at radius 3 is 3.20 bits per heavy atom. The van der Waals surface area contributed by atoms with Gasteiger partial charge >= 0.3 is 0 Å². The molecule has 2 heterocycles. The Morgan fingerprint density at radius 2 is 2.40 bits per heavy atom. The van der Waals surface area contributed by atoms with Crippen molar-refractivity contribution in [2.45, 2.75) is 0 Å². The number of aromatic nitrogens is 4. The SMILES string of the molecule is Brc1cc2cncnn2n1. The van der Waals surface area contributed by atoms with Crippen molar-refractivity contribution in [2.24, 2.45) is 0 Å². The second kappa shape index (κ2) is 2.02. The van der Waals surface area contributed by atoms with Crippen LogP contribution in [-0.4, -0.2) is 19.8 Å². The van der Waals surface area contributed by atoms with Crippen LogP contribution in [0.15, 0.2) is 23.2 Å². The van der Waals surface area contributed by atoms with Crippen LogP contribution in [0.2, 0.25) is 0 Å². The third-order valence-corrected chi connectivity index (χ3v) is 1.51. The molecular weight excluding hydrogens is 196 g/mol. The van der Waals surface area contributed by atoms with Crippen LogP contribution >= 0.6 is 15.9 Å². The summed E-state index contributed by atoms with van der Waals surface area (Å²) >= 11 is 3.22. The molecule has 0 unspecified atom stereocenters. The fourth-order valence-corrected chi connectivity index (χ4v) is 1.11. The lowest BCUT2D eigenvalue weighted by Crippen LogP contribution is -1.92. The van der Waals surface area contributed by atoms with Crippen LogP contribution in [0.1, 0.15) is 0 Å². The summed E-state index contributed by atoms with van der Waals surface area (Å²) in [5.41, 5.74) is 0.884. The Bertz CT molecular complexity index is 322. The van der Waals surface area contributed by atoms with E-state index < -0.39 is 0 Å². The van der Waals surface area contributed by atoms with Gasteiger partial charge in [-0.25, -0.2) is 4.98 Å². The van der Waals surface area contributed by atoms with E-state index >= 15 is 0 Å². The van der Waals surface area contributed by atoms with Crippen LogP contribution in [0, 0.1) is 0 Å². The zero-order valence-electron chi connectivity index (χ0n) is 4.90. The molecule has 0 saturated carbocycles. The molecule has 2 aromatic heterocycles. The summed E-state index contributed by atoms with van der Waals surface area (Å²) in [6.45, 7) is 0. The van der Waals surface area contributed by atoms with Gasteiger partial charge in [-0.2, -0.15) is 0 Å². The van der Waals surface area contributed by atoms with E-state index in [1.54, 1.807) is 6.20 Å². The van der Waals surface area contributed by atoms with Crippen molar-refractivity contribution < 1.29 is 0 Å². The largest absolute Gasteiger partial charge is 0.241 e. The average molecular weight is 199 g/mol. The fraction of sp³-hybridized carbons (Fsp3) is 0. The molecular formula is C5H3BrN4. The van der Waals surface area contributed by atoms with E-state index in [4.69, 9.17) is 0 Å². The molecule has 2 aromatic rings. The van der Waals surface area contributed by atoms with E-state index in [1.165, 1.54) is 11.0 Å². The molecule has 0 aromatic carbocycles. The third-order valence-electron chi connectivity index (χ3n) is 1.12. The Kier molecular flexibility index (Phi) is 1.17. The maximum atomic E-state index is 4.00. The van der Waals surface area contributed by atoms with Crippen molar-refractivity contribution in [3.63, 3.8) is 0 Å². The summed E-state index contributed by atoms with van der Waals surface area (Å²) in [7, 11) is 0. The highest BCUT2D eigenvalue weighted by molar-refractivity contribution is 9.10. The van der Waals surface area contributed by atoms with Crippen molar-refractivity contribution in [2.75, 3.05) is 0 Å². The predicted octanol–water partition coefficient (Wildman–Crippen LogP) is 0.887. The number of fused-ring (bicyclic) bond motifs is 1. The second-order valence-electron chi connectivity index (χ2n) is 1.79. The second-order valence-corrected chi connectivity index (χ2v) is 2.60. The predicted molar refractivity (Wildman–Crippen MR) is 38.5 cm³/mol. The minimum atomic E-state index is 0.771. The minimum absolute atomic E-state index is 0.771. The van der Waals surface area contributed by atoms with Crippen LogP contribution < -0.4 is 0 Å². The Balaban J connectivity index is 2.88. The molecule has 10 heavy (non-hydrogen) atoms. The quantitative estimate of drug-likeness (QED) is 0.632. The first-order valence-corrected chi connectivity index (χ1v) is 3.47. The molecule has 0 fully saturated rings. The third kappa shape index (κ3) is 0.786. The number of nitrogens with zero attached hydrogens (tertiary/aromatic N) is 4. The van der Waals surface area contributed by atoms with E-state index in [1.807, 2.05) is 6.07 Å². The number of hydrogen-bond acceptors (Lipinski definition) is 3. The fourth-order valence-electron chi connectivity index (χ4n) is 0.727. The van der Waals surface area contributed by atoms with E-state index in [0.29, 0.717) is 0 Å². The van der Waals surface area contributed by atoms with Gasteiger partial charge < -0.3 is 0 Å². The van der Waals surface area contributed by atoms with Crippen molar-refractivity contribution in [3.05, 3.63) is 23.2 Å². The van der Waals surface area contributed by atoms with E-state index in [2.05, 4.69) is 31.1 Å². The van der Waals surface area contributed by atoms with Crippen LogP contribution in [0.4, 0.5) is 0 Å². The molecule has 0 spiro atoms. The van der Waals surface area contributed by atoms with E-state index in [-0.39, 0.29) is 0 Å². The molecule has 0 bridgehead atoms. The summed E-state index contributed by atoms with van der Waals surface area (Å²) in [4.78, 5) is 3.83. The molecule has 0 aliphatic carbocycles. The lowest BCUT2D eigenvalue weighted by molar-refractivity contribution is 0.774. The smallest absolute Gasteiger partial charge is 0.138 e. The molecule has 4 nitrogen and oxygen atoms in total. The van der Waals surface area contributed by atoms with Crippen molar-refractivity contribution in [1.29, 1.82) is 0 Å². The van der Waals surface area contributed by atoms with Gasteiger partial charge in [-0.15, -0.1) is 14.8 Å². The summed E-state index contributed by atoms with van der Waals surface area (Å²) in [5.74, 6) is 0. The summed E-state index contributed by atoms with van der Waals surface area (Å²) < 4.78 is 2.28. The van der Waals surface area contributed by atoms with Gasteiger partial charge in [0, 0.05) is 6.07 Å². The molecule has 0 saturated heterocycles. The lowest BCUT2D eigenvalue weighted by atomic mass is 10.6. The van der Waals surface area contributed by atoms with Crippen LogP contribution in [0.3, 0.4) is 0 Å². The van der Waals surface area contributed by atoms with Crippen molar-refractivity contribution in [3.8, 4) is 0 Å². The zero-order valence-corrected chi connectivity index (χ0v) is 6.48. The molecule has 0 amide bonds. The minimum Gasteiger partial charge on any atom is -0.241 e. The molecule has 0 radical (unpaired) electrons. The summed E-state index contributed by atoms with van der Waals surface area (Å²) in [5, 5.41) is 7.86.